The van der Waals surface area contributed by atoms with E-state index in [1.807, 2.05) is 12.1 Å². The molecule has 1 heterocycles. The molecule has 1 aromatic heterocycles. The van der Waals surface area contributed by atoms with E-state index >= 15 is 0 Å². The minimum atomic E-state index is 0.398. The van der Waals surface area contributed by atoms with E-state index < -0.39 is 0 Å². The van der Waals surface area contributed by atoms with Crippen LogP contribution in [0.4, 0.5) is 0 Å². The van der Waals surface area contributed by atoms with Gasteiger partial charge in [-0.15, -0.1) is 0 Å². The first-order valence-electron chi connectivity index (χ1n) is 7.41. The van der Waals surface area contributed by atoms with E-state index in [1.54, 1.807) is 4.68 Å². The molecule has 0 aliphatic heterocycles. The summed E-state index contributed by atoms with van der Waals surface area (Å²) in [5.41, 5.74) is 3.86. The van der Waals surface area contributed by atoms with E-state index in [1.165, 1.54) is 24.0 Å². The molecule has 4 heteroatoms. The van der Waals surface area contributed by atoms with Crippen LogP contribution in [-0.4, -0.2) is 9.78 Å². The molecule has 0 N–H and O–H groups in total. The zero-order chi connectivity index (χ0) is 14.8. The Kier molecular flexibility index (Phi) is 3.98. The van der Waals surface area contributed by atoms with E-state index in [4.69, 9.17) is 11.6 Å². The number of hydrogen-bond acceptors (Lipinski definition) is 2. The summed E-state index contributed by atoms with van der Waals surface area (Å²) >= 11 is 6.39. The van der Waals surface area contributed by atoms with Gasteiger partial charge in [0.1, 0.15) is 16.8 Å². The van der Waals surface area contributed by atoms with Crippen molar-refractivity contribution in [3.8, 4) is 6.07 Å². The van der Waals surface area contributed by atoms with Crippen LogP contribution < -0.4 is 0 Å². The van der Waals surface area contributed by atoms with Gasteiger partial charge in [-0.25, -0.2) is 4.68 Å². The lowest BCUT2D eigenvalue weighted by Gasteiger charge is -2.07. The number of rotatable bonds is 3. The number of aromatic nitrogens is 2. The summed E-state index contributed by atoms with van der Waals surface area (Å²) in [5, 5.41) is 14.5. The third-order valence-electron chi connectivity index (χ3n) is 4.35. The van der Waals surface area contributed by atoms with E-state index in [0.29, 0.717) is 23.2 Å². The topological polar surface area (TPSA) is 41.6 Å². The Balaban J connectivity index is 1.96. The molecule has 0 bridgehead atoms. The Morgan fingerprint density at radius 3 is 2.71 bits per heavy atom. The summed E-state index contributed by atoms with van der Waals surface area (Å²) in [6.45, 7) is 2.70. The van der Waals surface area contributed by atoms with Crippen molar-refractivity contribution in [2.24, 2.45) is 0 Å². The van der Waals surface area contributed by atoms with Crippen LogP contribution in [0.15, 0.2) is 24.3 Å². The molecule has 21 heavy (non-hydrogen) atoms. The Morgan fingerprint density at radius 1 is 1.33 bits per heavy atom. The standard InChI is InChI=1S/C17H18ClN3/c1-12-6-2-3-9-14(12)11-21-17(18)15(10-19)16(20-21)13-7-4-5-8-13/h2-3,6,9,13H,4-5,7-8,11H2,1H3. The van der Waals surface area contributed by atoms with Crippen molar-refractivity contribution < 1.29 is 0 Å². The summed E-state index contributed by atoms with van der Waals surface area (Å²) in [6.07, 6.45) is 4.67. The number of halogens is 1. The van der Waals surface area contributed by atoms with Gasteiger partial charge in [-0.3, -0.25) is 0 Å². The zero-order valence-electron chi connectivity index (χ0n) is 12.1. The average molecular weight is 300 g/mol. The minimum absolute atomic E-state index is 0.398. The van der Waals surface area contributed by atoms with Gasteiger partial charge in [0, 0.05) is 5.92 Å². The maximum Gasteiger partial charge on any atom is 0.145 e. The van der Waals surface area contributed by atoms with Crippen molar-refractivity contribution >= 4 is 11.6 Å². The second kappa shape index (κ2) is 5.91. The molecule has 1 aliphatic carbocycles. The van der Waals surface area contributed by atoms with Crippen LogP contribution in [0.25, 0.3) is 0 Å². The Bertz CT molecular complexity index is 691. The number of nitrogens with zero attached hydrogens (tertiary/aromatic N) is 3. The predicted molar refractivity (Wildman–Crippen MR) is 83.4 cm³/mol. The van der Waals surface area contributed by atoms with Crippen LogP contribution in [0.3, 0.4) is 0 Å². The van der Waals surface area contributed by atoms with Gasteiger partial charge in [0.15, 0.2) is 0 Å². The summed E-state index contributed by atoms with van der Waals surface area (Å²) in [5.74, 6) is 0.398. The normalized spacial score (nSPS) is 15.3. The molecule has 0 spiro atoms. The lowest BCUT2D eigenvalue weighted by atomic mass is 10.0. The summed E-state index contributed by atoms with van der Waals surface area (Å²) in [4.78, 5) is 0. The Labute approximate surface area is 130 Å². The first-order valence-corrected chi connectivity index (χ1v) is 7.79. The molecule has 0 amide bonds. The highest BCUT2D eigenvalue weighted by molar-refractivity contribution is 6.30. The summed E-state index contributed by atoms with van der Waals surface area (Å²) in [7, 11) is 0. The van der Waals surface area contributed by atoms with Crippen molar-refractivity contribution in [1.29, 1.82) is 5.26 Å². The largest absolute Gasteiger partial charge is 0.248 e. The van der Waals surface area contributed by atoms with Gasteiger partial charge in [-0.05, 0) is 30.9 Å². The first-order chi connectivity index (χ1) is 10.2. The van der Waals surface area contributed by atoms with Gasteiger partial charge < -0.3 is 0 Å². The van der Waals surface area contributed by atoms with Crippen molar-refractivity contribution in [2.45, 2.75) is 45.1 Å². The molecule has 1 saturated carbocycles. The average Bonchev–Trinajstić information content (AvgIpc) is 3.10. The first kappa shape index (κ1) is 14.2. The predicted octanol–water partition coefficient (Wildman–Crippen LogP) is 4.42. The second-order valence-corrected chi connectivity index (χ2v) is 6.09. The smallest absolute Gasteiger partial charge is 0.145 e. The molecule has 1 aromatic carbocycles. The van der Waals surface area contributed by atoms with Crippen molar-refractivity contribution in [3.63, 3.8) is 0 Å². The number of nitriles is 1. The van der Waals surface area contributed by atoms with Crippen LogP contribution in [0.2, 0.25) is 5.15 Å². The van der Waals surface area contributed by atoms with E-state index in [9.17, 15) is 5.26 Å². The molecular weight excluding hydrogens is 282 g/mol. The molecule has 0 atom stereocenters. The van der Waals surface area contributed by atoms with Crippen LogP contribution in [0.5, 0.6) is 0 Å². The summed E-state index contributed by atoms with van der Waals surface area (Å²) in [6, 6.07) is 10.4. The molecule has 1 aliphatic rings. The second-order valence-electron chi connectivity index (χ2n) is 5.73. The molecule has 0 radical (unpaired) electrons. The number of benzene rings is 1. The van der Waals surface area contributed by atoms with Crippen molar-refractivity contribution in [1.82, 2.24) is 9.78 Å². The van der Waals surface area contributed by atoms with Crippen molar-refractivity contribution in [2.75, 3.05) is 0 Å². The molecule has 3 nitrogen and oxygen atoms in total. The van der Waals surface area contributed by atoms with Gasteiger partial charge in [0.25, 0.3) is 0 Å². The minimum Gasteiger partial charge on any atom is -0.248 e. The van der Waals surface area contributed by atoms with Gasteiger partial charge >= 0.3 is 0 Å². The molecule has 1 fully saturated rings. The lowest BCUT2D eigenvalue weighted by molar-refractivity contribution is 0.627. The molecule has 3 rings (SSSR count). The summed E-state index contributed by atoms with van der Waals surface area (Å²) < 4.78 is 1.77. The van der Waals surface area contributed by atoms with Gasteiger partial charge in [-0.1, -0.05) is 48.7 Å². The Hall–Kier alpha value is -1.79. The van der Waals surface area contributed by atoms with E-state index in [0.717, 1.165) is 18.5 Å². The fraction of sp³-hybridized carbons (Fsp3) is 0.412. The number of aryl methyl sites for hydroxylation is 1. The quantitative estimate of drug-likeness (QED) is 0.841. The van der Waals surface area contributed by atoms with Crippen LogP contribution in [-0.2, 0) is 6.54 Å². The number of hydrogen-bond donors (Lipinski definition) is 0. The van der Waals surface area contributed by atoms with Crippen molar-refractivity contribution in [3.05, 3.63) is 51.8 Å². The maximum atomic E-state index is 9.41. The highest BCUT2D eigenvalue weighted by Crippen LogP contribution is 2.37. The van der Waals surface area contributed by atoms with Gasteiger partial charge in [-0.2, -0.15) is 10.4 Å². The highest BCUT2D eigenvalue weighted by atomic mass is 35.5. The monoisotopic (exact) mass is 299 g/mol. The molecule has 0 saturated heterocycles. The Morgan fingerprint density at radius 2 is 2.05 bits per heavy atom. The molecule has 108 valence electrons. The zero-order valence-corrected chi connectivity index (χ0v) is 12.9. The highest BCUT2D eigenvalue weighted by Gasteiger charge is 2.26. The SMILES string of the molecule is Cc1ccccc1Cn1nc(C2CCCC2)c(C#N)c1Cl. The fourth-order valence-corrected chi connectivity index (χ4v) is 3.34. The molecule has 2 aromatic rings. The third kappa shape index (κ3) is 2.69. The van der Waals surface area contributed by atoms with Crippen LogP contribution in [0.1, 0.15) is 54.0 Å². The van der Waals surface area contributed by atoms with Crippen LogP contribution >= 0.6 is 11.6 Å². The molecule has 0 unspecified atom stereocenters. The third-order valence-corrected chi connectivity index (χ3v) is 4.74. The lowest BCUT2D eigenvalue weighted by Crippen LogP contribution is -2.04. The fourth-order valence-electron chi connectivity index (χ4n) is 3.10. The van der Waals surface area contributed by atoms with Gasteiger partial charge in [0.2, 0.25) is 0 Å². The molecular formula is C17H18ClN3. The van der Waals surface area contributed by atoms with E-state index in [-0.39, 0.29) is 0 Å². The van der Waals surface area contributed by atoms with Crippen LogP contribution in [0, 0.1) is 18.3 Å². The maximum absolute atomic E-state index is 9.41. The van der Waals surface area contributed by atoms with Gasteiger partial charge in [0.05, 0.1) is 12.2 Å². The van der Waals surface area contributed by atoms with E-state index in [2.05, 4.69) is 30.2 Å².